The van der Waals surface area contributed by atoms with Gasteiger partial charge in [0.15, 0.2) is 0 Å². The molecule has 0 amide bonds. The summed E-state index contributed by atoms with van der Waals surface area (Å²) < 4.78 is 1.16. The molecule has 1 aliphatic rings. The second-order valence-corrected chi connectivity index (χ2v) is 6.50. The smallest absolute Gasteiger partial charge is 0.0237 e. The molecule has 1 atom stereocenters. The van der Waals surface area contributed by atoms with Gasteiger partial charge >= 0.3 is 0 Å². The summed E-state index contributed by atoms with van der Waals surface area (Å²) in [6.45, 7) is 9.11. The van der Waals surface area contributed by atoms with Gasteiger partial charge in [-0.1, -0.05) is 41.9 Å². The molecule has 0 spiro atoms. The van der Waals surface area contributed by atoms with Crippen molar-refractivity contribution in [2.24, 2.45) is 5.92 Å². The van der Waals surface area contributed by atoms with E-state index < -0.39 is 0 Å². The molecule has 100 valence electrons. The molecule has 1 aromatic carbocycles. The van der Waals surface area contributed by atoms with Gasteiger partial charge in [0, 0.05) is 36.7 Å². The van der Waals surface area contributed by atoms with Gasteiger partial charge in [0.05, 0.1) is 0 Å². The van der Waals surface area contributed by atoms with E-state index in [1.807, 2.05) is 0 Å². The van der Waals surface area contributed by atoms with Crippen molar-refractivity contribution in [2.75, 3.05) is 19.6 Å². The maximum absolute atomic E-state index is 3.52. The molecular weight excluding hydrogens is 288 g/mol. The van der Waals surface area contributed by atoms with Gasteiger partial charge < -0.3 is 5.32 Å². The minimum atomic E-state index is 0.683. The predicted molar refractivity (Wildman–Crippen MR) is 80.7 cm³/mol. The van der Waals surface area contributed by atoms with E-state index >= 15 is 0 Å². The number of nitrogens with one attached hydrogen (secondary N) is 1. The topological polar surface area (TPSA) is 15.3 Å². The van der Waals surface area contributed by atoms with Crippen molar-refractivity contribution in [3.63, 3.8) is 0 Å². The lowest BCUT2D eigenvalue weighted by molar-refractivity contribution is 0.134. The number of rotatable bonds is 4. The highest BCUT2D eigenvalue weighted by atomic mass is 79.9. The highest BCUT2D eigenvalue weighted by Crippen LogP contribution is 2.18. The lowest BCUT2D eigenvalue weighted by Gasteiger charge is -2.37. The van der Waals surface area contributed by atoms with Gasteiger partial charge in [-0.3, -0.25) is 4.90 Å². The SMILES string of the molecule is CC(C)CC1CNCCN1Cc1ccc(Br)cc1. The molecule has 0 bridgehead atoms. The van der Waals surface area contributed by atoms with E-state index in [1.165, 1.54) is 12.0 Å². The van der Waals surface area contributed by atoms with E-state index in [2.05, 4.69) is 64.3 Å². The fraction of sp³-hybridized carbons (Fsp3) is 0.600. The van der Waals surface area contributed by atoms with Crippen LogP contribution in [0.4, 0.5) is 0 Å². The Hall–Kier alpha value is -0.380. The van der Waals surface area contributed by atoms with Crippen LogP contribution in [0.3, 0.4) is 0 Å². The van der Waals surface area contributed by atoms with Crippen molar-refractivity contribution < 1.29 is 0 Å². The van der Waals surface area contributed by atoms with Gasteiger partial charge in [0.1, 0.15) is 0 Å². The summed E-state index contributed by atoms with van der Waals surface area (Å²) in [6.07, 6.45) is 1.28. The number of nitrogens with zero attached hydrogens (tertiary/aromatic N) is 1. The highest BCUT2D eigenvalue weighted by molar-refractivity contribution is 9.10. The molecule has 2 nitrogen and oxygen atoms in total. The van der Waals surface area contributed by atoms with Crippen LogP contribution in [-0.4, -0.2) is 30.6 Å². The van der Waals surface area contributed by atoms with Crippen LogP contribution < -0.4 is 5.32 Å². The third-order valence-corrected chi connectivity index (χ3v) is 4.04. The van der Waals surface area contributed by atoms with Crippen molar-refractivity contribution in [3.8, 4) is 0 Å². The fourth-order valence-corrected chi connectivity index (χ4v) is 2.88. The Labute approximate surface area is 119 Å². The molecule has 3 heteroatoms. The molecule has 0 radical (unpaired) electrons. The summed E-state index contributed by atoms with van der Waals surface area (Å²) in [5.41, 5.74) is 1.41. The zero-order valence-corrected chi connectivity index (χ0v) is 12.9. The second-order valence-electron chi connectivity index (χ2n) is 5.58. The van der Waals surface area contributed by atoms with Gasteiger partial charge in [-0.15, -0.1) is 0 Å². The van der Waals surface area contributed by atoms with E-state index in [-0.39, 0.29) is 0 Å². The Kier molecular flexibility index (Phi) is 5.22. The molecule has 0 aliphatic carbocycles. The summed E-state index contributed by atoms with van der Waals surface area (Å²) in [4.78, 5) is 2.62. The molecule has 0 saturated carbocycles. The quantitative estimate of drug-likeness (QED) is 0.918. The summed E-state index contributed by atoms with van der Waals surface area (Å²) in [7, 11) is 0. The van der Waals surface area contributed by atoms with E-state index in [1.54, 1.807) is 0 Å². The number of benzene rings is 1. The molecule has 2 rings (SSSR count). The lowest BCUT2D eigenvalue weighted by atomic mass is 10.00. The van der Waals surface area contributed by atoms with Crippen molar-refractivity contribution in [2.45, 2.75) is 32.9 Å². The van der Waals surface area contributed by atoms with E-state index in [0.717, 1.165) is 36.6 Å². The van der Waals surface area contributed by atoms with E-state index in [9.17, 15) is 0 Å². The van der Waals surface area contributed by atoms with Gasteiger partial charge in [-0.2, -0.15) is 0 Å². The second kappa shape index (κ2) is 6.69. The van der Waals surface area contributed by atoms with Crippen LogP contribution in [0.2, 0.25) is 0 Å². The fourth-order valence-electron chi connectivity index (χ4n) is 2.61. The third kappa shape index (κ3) is 4.08. The van der Waals surface area contributed by atoms with Crippen molar-refractivity contribution in [3.05, 3.63) is 34.3 Å². The van der Waals surface area contributed by atoms with Gasteiger partial charge in [0.25, 0.3) is 0 Å². The van der Waals surface area contributed by atoms with Crippen molar-refractivity contribution >= 4 is 15.9 Å². The molecule has 1 fully saturated rings. The molecule has 18 heavy (non-hydrogen) atoms. The van der Waals surface area contributed by atoms with Crippen LogP contribution >= 0.6 is 15.9 Å². The molecule has 1 aromatic rings. The Bertz CT molecular complexity index is 361. The van der Waals surface area contributed by atoms with Crippen LogP contribution in [-0.2, 0) is 6.54 Å². The zero-order chi connectivity index (χ0) is 13.0. The normalized spacial score (nSPS) is 21.4. The molecule has 1 unspecified atom stereocenters. The first kappa shape index (κ1) is 14.0. The summed E-state index contributed by atoms with van der Waals surface area (Å²) in [6, 6.07) is 9.39. The Balaban J connectivity index is 1.98. The first-order valence-corrected chi connectivity index (χ1v) is 7.63. The summed E-state index contributed by atoms with van der Waals surface area (Å²) in [5.74, 6) is 0.766. The lowest BCUT2D eigenvalue weighted by Crippen LogP contribution is -2.51. The Morgan fingerprint density at radius 2 is 2.06 bits per heavy atom. The first-order chi connectivity index (χ1) is 8.65. The number of hydrogen-bond acceptors (Lipinski definition) is 2. The van der Waals surface area contributed by atoms with Gasteiger partial charge in [0.2, 0.25) is 0 Å². The third-order valence-electron chi connectivity index (χ3n) is 3.51. The summed E-state index contributed by atoms with van der Waals surface area (Å²) in [5, 5.41) is 3.52. The maximum atomic E-state index is 3.52. The van der Waals surface area contributed by atoms with Crippen molar-refractivity contribution in [1.82, 2.24) is 10.2 Å². The molecule has 0 aromatic heterocycles. The molecule has 1 N–H and O–H groups in total. The maximum Gasteiger partial charge on any atom is 0.0237 e. The number of hydrogen-bond donors (Lipinski definition) is 1. The Morgan fingerprint density at radius 3 is 2.72 bits per heavy atom. The standard InChI is InChI=1S/C15H23BrN2/c1-12(2)9-15-10-17-7-8-18(15)11-13-3-5-14(16)6-4-13/h3-6,12,15,17H,7-11H2,1-2H3. The molecule has 1 saturated heterocycles. The largest absolute Gasteiger partial charge is 0.314 e. The first-order valence-electron chi connectivity index (χ1n) is 6.84. The van der Waals surface area contributed by atoms with Crippen LogP contribution in [0.1, 0.15) is 25.8 Å². The van der Waals surface area contributed by atoms with Crippen LogP contribution in [0.15, 0.2) is 28.7 Å². The zero-order valence-electron chi connectivity index (χ0n) is 11.3. The predicted octanol–water partition coefficient (Wildman–Crippen LogP) is 3.27. The number of piperazine rings is 1. The molecule has 1 heterocycles. The van der Waals surface area contributed by atoms with Crippen LogP contribution in [0, 0.1) is 5.92 Å². The minimum absolute atomic E-state index is 0.683. The molecular formula is C15H23BrN2. The monoisotopic (exact) mass is 310 g/mol. The van der Waals surface area contributed by atoms with Gasteiger partial charge in [-0.05, 0) is 30.0 Å². The van der Waals surface area contributed by atoms with Crippen molar-refractivity contribution in [1.29, 1.82) is 0 Å². The summed E-state index contributed by atoms with van der Waals surface area (Å²) >= 11 is 3.49. The van der Waals surface area contributed by atoms with Crippen LogP contribution in [0.25, 0.3) is 0 Å². The minimum Gasteiger partial charge on any atom is -0.314 e. The van der Waals surface area contributed by atoms with E-state index in [4.69, 9.17) is 0 Å². The average Bonchev–Trinajstić information content (AvgIpc) is 2.34. The van der Waals surface area contributed by atoms with Crippen LogP contribution in [0.5, 0.6) is 0 Å². The van der Waals surface area contributed by atoms with Gasteiger partial charge in [-0.25, -0.2) is 0 Å². The Morgan fingerprint density at radius 1 is 1.33 bits per heavy atom. The van der Waals surface area contributed by atoms with E-state index in [0.29, 0.717) is 6.04 Å². The number of halogens is 1. The average molecular weight is 311 g/mol. The highest BCUT2D eigenvalue weighted by Gasteiger charge is 2.22. The molecule has 1 aliphatic heterocycles.